The Labute approximate surface area is 175 Å². The van der Waals surface area contributed by atoms with E-state index in [0.717, 1.165) is 37.3 Å². The van der Waals surface area contributed by atoms with Gasteiger partial charge in [-0.3, -0.25) is 0 Å². The zero-order valence-corrected chi connectivity index (χ0v) is 16.9. The minimum absolute atomic E-state index is 0.0286. The van der Waals surface area contributed by atoms with Gasteiger partial charge in [0.25, 0.3) is 0 Å². The van der Waals surface area contributed by atoms with Crippen LogP contribution in [0, 0.1) is 0 Å². The highest BCUT2D eigenvalue weighted by Crippen LogP contribution is 2.16. The van der Waals surface area contributed by atoms with E-state index in [0.29, 0.717) is 18.1 Å². The second kappa shape index (κ2) is 9.01. The maximum absolute atomic E-state index is 12.6. The number of urea groups is 1. The van der Waals surface area contributed by atoms with E-state index >= 15 is 0 Å². The van der Waals surface area contributed by atoms with Gasteiger partial charge < -0.3 is 15.1 Å². The number of hydrogen-bond donors (Lipinski definition) is 1. The Balaban J connectivity index is 1.30. The molecule has 1 N–H and O–H groups in total. The second-order valence-electron chi connectivity index (χ2n) is 7.09. The van der Waals surface area contributed by atoms with Gasteiger partial charge in [0.15, 0.2) is 0 Å². The standard InChI is InChI=1S/C22H24ClN5O/c23-19-7-9-21(10-8-19)28-17-18(16-25-28)15-24-22(29)27-12-4-11-26(13-14-27)20-5-2-1-3-6-20/h1-3,5-10,16-17H,4,11-15H2,(H,24,29). The van der Waals surface area contributed by atoms with Gasteiger partial charge in [-0.15, -0.1) is 0 Å². The molecule has 1 aliphatic heterocycles. The Morgan fingerprint density at radius 3 is 2.55 bits per heavy atom. The van der Waals surface area contributed by atoms with E-state index in [-0.39, 0.29) is 6.03 Å². The van der Waals surface area contributed by atoms with Crippen molar-refractivity contribution in [2.45, 2.75) is 13.0 Å². The molecule has 1 saturated heterocycles. The molecule has 0 radical (unpaired) electrons. The van der Waals surface area contributed by atoms with Crippen LogP contribution < -0.4 is 10.2 Å². The van der Waals surface area contributed by atoms with Crippen LogP contribution >= 0.6 is 11.6 Å². The van der Waals surface area contributed by atoms with E-state index in [1.165, 1.54) is 5.69 Å². The summed E-state index contributed by atoms with van der Waals surface area (Å²) in [5.41, 5.74) is 3.10. The van der Waals surface area contributed by atoms with Gasteiger partial charge in [-0.25, -0.2) is 9.48 Å². The molecule has 0 bridgehead atoms. The van der Waals surface area contributed by atoms with Crippen LogP contribution in [0.15, 0.2) is 67.0 Å². The van der Waals surface area contributed by atoms with E-state index in [9.17, 15) is 4.79 Å². The average molecular weight is 410 g/mol. The van der Waals surface area contributed by atoms with Gasteiger partial charge in [0, 0.05) is 55.2 Å². The third kappa shape index (κ3) is 4.90. The van der Waals surface area contributed by atoms with Gasteiger partial charge >= 0.3 is 6.03 Å². The maximum Gasteiger partial charge on any atom is 0.317 e. The fraction of sp³-hybridized carbons (Fsp3) is 0.273. The van der Waals surface area contributed by atoms with Crippen LogP contribution in [0.3, 0.4) is 0 Å². The summed E-state index contributed by atoms with van der Waals surface area (Å²) in [6.45, 7) is 3.73. The monoisotopic (exact) mass is 409 g/mol. The zero-order chi connectivity index (χ0) is 20.1. The van der Waals surface area contributed by atoms with Gasteiger partial charge in [0.05, 0.1) is 11.9 Å². The maximum atomic E-state index is 12.6. The number of benzene rings is 2. The van der Waals surface area contributed by atoms with Crippen LogP contribution in [-0.2, 0) is 6.54 Å². The van der Waals surface area contributed by atoms with Crippen molar-refractivity contribution < 1.29 is 4.79 Å². The van der Waals surface area contributed by atoms with E-state index in [1.807, 2.05) is 41.4 Å². The topological polar surface area (TPSA) is 53.4 Å². The predicted molar refractivity (Wildman–Crippen MR) is 116 cm³/mol. The first-order chi connectivity index (χ1) is 14.2. The van der Waals surface area contributed by atoms with E-state index in [4.69, 9.17) is 11.6 Å². The summed E-state index contributed by atoms with van der Waals surface area (Å²) in [5.74, 6) is 0. The molecule has 1 fully saturated rings. The molecule has 0 saturated carbocycles. The Morgan fingerprint density at radius 1 is 0.966 bits per heavy atom. The zero-order valence-electron chi connectivity index (χ0n) is 16.2. The molecular weight excluding hydrogens is 386 g/mol. The van der Waals surface area contributed by atoms with Gasteiger partial charge in [-0.1, -0.05) is 29.8 Å². The van der Waals surface area contributed by atoms with Gasteiger partial charge in [-0.2, -0.15) is 5.10 Å². The smallest absolute Gasteiger partial charge is 0.317 e. The summed E-state index contributed by atoms with van der Waals surface area (Å²) < 4.78 is 1.78. The lowest BCUT2D eigenvalue weighted by Gasteiger charge is -2.23. The number of nitrogens with zero attached hydrogens (tertiary/aromatic N) is 4. The van der Waals surface area contributed by atoms with Crippen molar-refractivity contribution >= 4 is 23.3 Å². The molecule has 3 aromatic rings. The summed E-state index contributed by atoms with van der Waals surface area (Å²) in [6.07, 6.45) is 4.65. The number of para-hydroxylation sites is 1. The summed E-state index contributed by atoms with van der Waals surface area (Å²) in [4.78, 5) is 16.9. The number of amides is 2. The Morgan fingerprint density at radius 2 is 1.76 bits per heavy atom. The van der Waals surface area contributed by atoms with Crippen molar-refractivity contribution in [2.24, 2.45) is 0 Å². The molecule has 7 heteroatoms. The van der Waals surface area contributed by atoms with Crippen LogP contribution in [-0.4, -0.2) is 46.9 Å². The SMILES string of the molecule is O=C(NCc1cnn(-c2ccc(Cl)cc2)c1)N1CCCN(c2ccccc2)CC1. The number of rotatable bonds is 4. The number of carbonyl (C=O) groups is 1. The lowest BCUT2D eigenvalue weighted by Crippen LogP contribution is -2.41. The molecule has 29 heavy (non-hydrogen) atoms. The minimum atomic E-state index is -0.0286. The van der Waals surface area contributed by atoms with Gasteiger partial charge in [0.1, 0.15) is 0 Å². The molecule has 4 rings (SSSR count). The Bertz CT molecular complexity index is 941. The fourth-order valence-corrected chi connectivity index (χ4v) is 3.62. The first-order valence-corrected chi connectivity index (χ1v) is 10.2. The molecule has 0 spiro atoms. The molecule has 0 unspecified atom stereocenters. The molecule has 1 aliphatic rings. The summed E-state index contributed by atoms with van der Waals surface area (Å²) in [6, 6.07) is 17.8. The molecule has 150 valence electrons. The summed E-state index contributed by atoms with van der Waals surface area (Å²) in [5, 5.41) is 8.08. The summed E-state index contributed by atoms with van der Waals surface area (Å²) >= 11 is 5.93. The largest absolute Gasteiger partial charge is 0.370 e. The molecule has 2 amide bonds. The van der Waals surface area contributed by atoms with Crippen molar-refractivity contribution in [1.29, 1.82) is 0 Å². The highest BCUT2D eigenvalue weighted by molar-refractivity contribution is 6.30. The van der Waals surface area contributed by atoms with Crippen molar-refractivity contribution in [3.8, 4) is 5.69 Å². The number of carbonyl (C=O) groups excluding carboxylic acids is 1. The Kier molecular flexibility index (Phi) is 6.00. The van der Waals surface area contributed by atoms with E-state index < -0.39 is 0 Å². The third-order valence-corrected chi connectivity index (χ3v) is 5.33. The van der Waals surface area contributed by atoms with Gasteiger partial charge in [0.2, 0.25) is 0 Å². The normalized spacial score (nSPS) is 14.5. The van der Waals surface area contributed by atoms with Crippen LogP contribution in [0.1, 0.15) is 12.0 Å². The third-order valence-electron chi connectivity index (χ3n) is 5.08. The number of nitrogens with one attached hydrogen (secondary N) is 1. The average Bonchev–Trinajstić information content (AvgIpc) is 3.09. The van der Waals surface area contributed by atoms with Crippen molar-refractivity contribution in [3.05, 3.63) is 77.6 Å². The molecule has 6 nitrogen and oxygen atoms in total. The Hall–Kier alpha value is -2.99. The lowest BCUT2D eigenvalue weighted by molar-refractivity contribution is 0.201. The minimum Gasteiger partial charge on any atom is -0.370 e. The van der Waals surface area contributed by atoms with E-state index in [1.54, 1.807) is 10.9 Å². The molecule has 1 aromatic heterocycles. The number of halogens is 1. The van der Waals surface area contributed by atoms with Crippen molar-refractivity contribution in [1.82, 2.24) is 20.0 Å². The first-order valence-electron chi connectivity index (χ1n) is 9.81. The summed E-state index contributed by atoms with van der Waals surface area (Å²) in [7, 11) is 0. The quantitative estimate of drug-likeness (QED) is 0.709. The lowest BCUT2D eigenvalue weighted by atomic mass is 10.3. The van der Waals surface area contributed by atoms with Gasteiger partial charge in [-0.05, 0) is 42.8 Å². The van der Waals surface area contributed by atoms with E-state index in [2.05, 4.69) is 39.6 Å². The molecule has 2 aromatic carbocycles. The fourth-order valence-electron chi connectivity index (χ4n) is 3.49. The second-order valence-corrected chi connectivity index (χ2v) is 7.53. The first kappa shape index (κ1) is 19.3. The van der Waals surface area contributed by atoms with Crippen molar-refractivity contribution in [2.75, 3.05) is 31.1 Å². The van der Waals surface area contributed by atoms with Crippen LogP contribution in [0.25, 0.3) is 5.69 Å². The molecule has 0 atom stereocenters. The van der Waals surface area contributed by atoms with Crippen molar-refractivity contribution in [3.63, 3.8) is 0 Å². The number of anilines is 1. The molecule has 0 aliphatic carbocycles. The number of hydrogen-bond acceptors (Lipinski definition) is 3. The highest BCUT2D eigenvalue weighted by Gasteiger charge is 2.19. The van der Waals surface area contributed by atoms with Crippen LogP contribution in [0.5, 0.6) is 0 Å². The highest BCUT2D eigenvalue weighted by atomic mass is 35.5. The molecule has 2 heterocycles. The predicted octanol–water partition coefficient (Wildman–Crippen LogP) is 3.95. The number of aromatic nitrogens is 2. The molecular formula is C22H24ClN5O. The van der Waals surface area contributed by atoms with Crippen LogP contribution in [0.2, 0.25) is 5.02 Å². The van der Waals surface area contributed by atoms with Crippen LogP contribution in [0.4, 0.5) is 10.5 Å².